The van der Waals surface area contributed by atoms with E-state index in [9.17, 15) is 4.79 Å². The Morgan fingerprint density at radius 3 is 2.71 bits per heavy atom. The standard InChI is InChI=1S/C18H15BrN2O2S/c1-23-16-5-3-2-4-15(16)17(22)21-18-20-11-14(24-18)10-12-6-8-13(19)9-7-12/h2-9,11H,10H2,1H3,(H,20,21,22). The van der Waals surface area contributed by atoms with Crippen molar-refractivity contribution >= 4 is 38.3 Å². The van der Waals surface area contributed by atoms with E-state index >= 15 is 0 Å². The van der Waals surface area contributed by atoms with Crippen LogP contribution in [0.4, 0.5) is 5.13 Å². The van der Waals surface area contributed by atoms with Crippen LogP contribution in [0.1, 0.15) is 20.8 Å². The van der Waals surface area contributed by atoms with E-state index in [1.165, 1.54) is 16.9 Å². The van der Waals surface area contributed by atoms with Gasteiger partial charge in [-0.05, 0) is 29.8 Å². The topological polar surface area (TPSA) is 51.2 Å². The molecule has 1 heterocycles. The second-order valence-electron chi connectivity index (χ2n) is 5.09. The van der Waals surface area contributed by atoms with Crippen molar-refractivity contribution in [3.8, 4) is 5.75 Å². The van der Waals surface area contributed by atoms with Gasteiger partial charge in [0.15, 0.2) is 5.13 Å². The Labute approximate surface area is 152 Å². The summed E-state index contributed by atoms with van der Waals surface area (Å²) in [7, 11) is 1.55. The van der Waals surface area contributed by atoms with Crippen molar-refractivity contribution in [1.82, 2.24) is 4.98 Å². The van der Waals surface area contributed by atoms with Gasteiger partial charge in [0.05, 0.1) is 12.7 Å². The lowest BCUT2D eigenvalue weighted by atomic mass is 10.1. The van der Waals surface area contributed by atoms with Crippen molar-refractivity contribution in [2.75, 3.05) is 12.4 Å². The van der Waals surface area contributed by atoms with Gasteiger partial charge in [-0.15, -0.1) is 11.3 Å². The molecular formula is C18H15BrN2O2S. The van der Waals surface area contributed by atoms with Crippen LogP contribution in [0.3, 0.4) is 0 Å². The summed E-state index contributed by atoms with van der Waals surface area (Å²) >= 11 is 4.90. The predicted octanol–water partition coefficient (Wildman–Crippen LogP) is 4.76. The van der Waals surface area contributed by atoms with Gasteiger partial charge in [-0.3, -0.25) is 10.1 Å². The fourth-order valence-electron chi connectivity index (χ4n) is 2.25. The Morgan fingerprint density at radius 1 is 1.21 bits per heavy atom. The first-order chi connectivity index (χ1) is 11.7. The Bertz CT molecular complexity index is 846. The number of nitrogens with one attached hydrogen (secondary N) is 1. The molecule has 4 nitrogen and oxygen atoms in total. The van der Waals surface area contributed by atoms with E-state index in [1.54, 1.807) is 31.5 Å². The van der Waals surface area contributed by atoms with Crippen LogP contribution in [0.2, 0.25) is 0 Å². The molecule has 0 bridgehead atoms. The summed E-state index contributed by atoms with van der Waals surface area (Å²) in [5.41, 5.74) is 1.69. The van der Waals surface area contributed by atoms with Crippen molar-refractivity contribution in [2.24, 2.45) is 0 Å². The Morgan fingerprint density at radius 2 is 1.96 bits per heavy atom. The van der Waals surface area contributed by atoms with Gasteiger partial charge in [0.2, 0.25) is 0 Å². The smallest absolute Gasteiger partial charge is 0.261 e. The van der Waals surface area contributed by atoms with Crippen molar-refractivity contribution < 1.29 is 9.53 Å². The van der Waals surface area contributed by atoms with Crippen LogP contribution >= 0.6 is 27.3 Å². The van der Waals surface area contributed by atoms with Gasteiger partial charge >= 0.3 is 0 Å². The van der Waals surface area contributed by atoms with Gasteiger partial charge in [-0.2, -0.15) is 0 Å². The maximum Gasteiger partial charge on any atom is 0.261 e. The molecule has 1 aromatic heterocycles. The number of nitrogens with zero attached hydrogens (tertiary/aromatic N) is 1. The molecule has 0 spiro atoms. The number of ether oxygens (including phenoxy) is 1. The second-order valence-corrected chi connectivity index (χ2v) is 7.12. The van der Waals surface area contributed by atoms with Crippen LogP contribution in [0.25, 0.3) is 0 Å². The minimum absolute atomic E-state index is 0.225. The third-order valence-corrected chi connectivity index (χ3v) is 4.86. The lowest BCUT2D eigenvalue weighted by molar-refractivity contribution is 0.102. The maximum absolute atomic E-state index is 12.4. The summed E-state index contributed by atoms with van der Waals surface area (Å²) in [6, 6.07) is 15.3. The maximum atomic E-state index is 12.4. The van der Waals surface area contributed by atoms with Crippen molar-refractivity contribution in [2.45, 2.75) is 6.42 Å². The SMILES string of the molecule is COc1ccccc1C(=O)Nc1ncc(Cc2ccc(Br)cc2)s1. The lowest BCUT2D eigenvalue weighted by Crippen LogP contribution is -2.12. The number of benzene rings is 2. The molecule has 0 unspecified atom stereocenters. The van der Waals surface area contributed by atoms with Crippen molar-refractivity contribution in [3.05, 3.63) is 75.2 Å². The molecule has 0 atom stereocenters. The van der Waals surface area contributed by atoms with Crippen LogP contribution in [0.15, 0.2) is 59.2 Å². The third kappa shape index (κ3) is 4.01. The quantitative estimate of drug-likeness (QED) is 0.669. The van der Waals surface area contributed by atoms with Gasteiger partial charge in [0, 0.05) is 22.0 Å². The third-order valence-electron chi connectivity index (χ3n) is 3.42. The summed E-state index contributed by atoms with van der Waals surface area (Å²) in [6.45, 7) is 0. The number of hydrogen-bond acceptors (Lipinski definition) is 4. The highest BCUT2D eigenvalue weighted by Crippen LogP contribution is 2.24. The Kier molecular flexibility index (Phi) is 5.27. The summed E-state index contributed by atoms with van der Waals surface area (Å²) in [5, 5.41) is 3.41. The zero-order chi connectivity index (χ0) is 16.9. The summed E-state index contributed by atoms with van der Waals surface area (Å²) in [5.74, 6) is 0.318. The van der Waals surface area contributed by atoms with Crippen LogP contribution in [-0.4, -0.2) is 18.0 Å². The molecule has 2 aromatic carbocycles. The van der Waals surface area contributed by atoms with Crippen molar-refractivity contribution in [1.29, 1.82) is 0 Å². The molecule has 0 saturated carbocycles. The molecule has 1 amide bonds. The van der Waals surface area contributed by atoms with E-state index in [2.05, 4.69) is 38.4 Å². The molecule has 122 valence electrons. The predicted molar refractivity (Wildman–Crippen MR) is 100 cm³/mol. The number of hydrogen-bond donors (Lipinski definition) is 1. The van der Waals surface area contributed by atoms with Crippen LogP contribution in [0.5, 0.6) is 5.75 Å². The molecule has 0 aliphatic carbocycles. The molecule has 1 N–H and O–H groups in total. The van der Waals surface area contributed by atoms with Gasteiger partial charge in [-0.25, -0.2) is 4.98 Å². The average molecular weight is 403 g/mol. The average Bonchev–Trinajstić information content (AvgIpc) is 3.03. The molecule has 0 aliphatic rings. The van der Waals surface area contributed by atoms with Gasteiger partial charge in [-0.1, -0.05) is 40.2 Å². The minimum atomic E-state index is -0.225. The van der Waals surface area contributed by atoms with E-state index in [-0.39, 0.29) is 5.91 Å². The summed E-state index contributed by atoms with van der Waals surface area (Å²) in [4.78, 5) is 17.7. The van der Waals surface area contributed by atoms with Crippen LogP contribution in [-0.2, 0) is 6.42 Å². The number of carbonyl (C=O) groups is 1. The number of rotatable bonds is 5. The number of halogens is 1. The van der Waals surface area contributed by atoms with Crippen molar-refractivity contribution in [3.63, 3.8) is 0 Å². The normalized spacial score (nSPS) is 10.4. The minimum Gasteiger partial charge on any atom is -0.496 e. The largest absolute Gasteiger partial charge is 0.496 e. The van der Waals surface area contributed by atoms with Gasteiger partial charge in [0.25, 0.3) is 5.91 Å². The summed E-state index contributed by atoms with van der Waals surface area (Å²) < 4.78 is 6.27. The van der Waals surface area contributed by atoms with Gasteiger partial charge in [0.1, 0.15) is 5.75 Å². The van der Waals surface area contributed by atoms with E-state index in [1.807, 2.05) is 18.2 Å². The first-order valence-corrected chi connectivity index (χ1v) is 8.90. The van der Waals surface area contributed by atoms with E-state index in [0.29, 0.717) is 16.4 Å². The molecule has 0 fully saturated rings. The number of amides is 1. The van der Waals surface area contributed by atoms with E-state index in [4.69, 9.17) is 4.74 Å². The fourth-order valence-corrected chi connectivity index (χ4v) is 3.35. The molecule has 6 heteroatoms. The molecule has 3 aromatic rings. The van der Waals surface area contributed by atoms with E-state index in [0.717, 1.165) is 15.8 Å². The Hall–Kier alpha value is -2.18. The molecule has 0 radical (unpaired) electrons. The number of anilines is 1. The van der Waals surface area contributed by atoms with Crippen LogP contribution < -0.4 is 10.1 Å². The lowest BCUT2D eigenvalue weighted by Gasteiger charge is -2.06. The number of methoxy groups -OCH3 is 1. The molecule has 0 aliphatic heterocycles. The van der Waals surface area contributed by atoms with Gasteiger partial charge < -0.3 is 4.74 Å². The highest BCUT2D eigenvalue weighted by Gasteiger charge is 2.13. The number of aromatic nitrogens is 1. The number of thiazole rings is 1. The zero-order valence-corrected chi connectivity index (χ0v) is 15.4. The molecule has 24 heavy (non-hydrogen) atoms. The first-order valence-electron chi connectivity index (χ1n) is 7.29. The highest BCUT2D eigenvalue weighted by atomic mass is 79.9. The monoisotopic (exact) mass is 402 g/mol. The number of para-hydroxylation sites is 1. The van der Waals surface area contributed by atoms with Crippen LogP contribution in [0, 0.1) is 0 Å². The second kappa shape index (κ2) is 7.59. The Balaban J connectivity index is 1.69. The highest BCUT2D eigenvalue weighted by molar-refractivity contribution is 9.10. The first kappa shape index (κ1) is 16.7. The fraction of sp³-hybridized carbons (Fsp3) is 0.111. The molecule has 0 saturated heterocycles. The molecule has 3 rings (SSSR count). The van der Waals surface area contributed by atoms with E-state index < -0.39 is 0 Å². The zero-order valence-electron chi connectivity index (χ0n) is 13.0. The number of carbonyl (C=O) groups excluding carboxylic acids is 1. The summed E-state index contributed by atoms with van der Waals surface area (Å²) in [6.07, 6.45) is 2.58. The molecular weight excluding hydrogens is 388 g/mol.